The standard InChI is InChI=1S/C13H14N2/c1-3-7-12(10-11-14)15(2)13-8-5-4-6-9-13/h1,4-6,8-9,12H,7,10H2,2H3. The highest BCUT2D eigenvalue weighted by atomic mass is 15.1. The lowest BCUT2D eigenvalue weighted by Gasteiger charge is -2.26. The summed E-state index contributed by atoms with van der Waals surface area (Å²) in [4.78, 5) is 2.06. The van der Waals surface area contributed by atoms with E-state index in [1.165, 1.54) is 0 Å². The predicted octanol–water partition coefficient (Wildman–Crippen LogP) is 2.43. The molecule has 0 fully saturated rings. The Labute approximate surface area is 91.1 Å². The molecule has 0 aliphatic carbocycles. The van der Waals surface area contributed by atoms with E-state index in [4.69, 9.17) is 11.7 Å². The van der Waals surface area contributed by atoms with Crippen LogP contribution in [0.15, 0.2) is 30.3 Å². The molecular weight excluding hydrogens is 184 g/mol. The molecule has 0 aromatic heterocycles. The van der Waals surface area contributed by atoms with E-state index >= 15 is 0 Å². The first-order chi connectivity index (χ1) is 7.29. The van der Waals surface area contributed by atoms with Gasteiger partial charge in [0.25, 0.3) is 0 Å². The molecule has 0 N–H and O–H groups in total. The van der Waals surface area contributed by atoms with Crippen molar-refractivity contribution in [1.29, 1.82) is 5.26 Å². The Morgan fingerprint density at radius 2 is 2.00 bits per heavy atom. The Kier molecular flexibility index (Phi) is 4.26. The summed E-state index contributed by atoms with van der Waals surface area (Å²) in [5, 5.41) is 8.71. The van der Waals surface area contributed by atoms with Crippen molar-refractivity contribution in [3.05, 3.63) is 30.3 Å². The van der Waals surface area contributed by atoms with Gasteiger partial charge in [0.05, 0.1) is 18.5 Å². The molecule has 0 saturated carbocycles. The molecule has 1 atom stereocenters. The van der Waals surface area contributed by atoms with Crippen molar-refractivity contribution in [2.75, 3.05) is 11.9 Å². The number of para-hydroxylation sites is 1. The van der Waals surface area contributed by atoms with Crippen LogP contribution in [0.1, 0.15) is 12.8 Å². The van der Waals surface area contributed by atoms with E-state index in [1.807, 2.05) is 37.4 Å². The summed E-state index contributed by atoms with van der Waals surface area (Å²) in [6.07, 6.45) is 6.34. The summed E-state index contributed by atoms with van der Waals surface area (Å²) in [7, 11) is 1.97. The summed E-state index contributed by atoms with van der Waals surface area (Å²) in [5.74, 6) is 2.61. The number of hydrogen-bond acceptors (Lipinski definition) is 2. The van der Waals surface area contributed by atoms with Crippen LogP contribution >= 0.6 is 0 Å². The third-order valence-electron chi connectivity index (χ3n) is 2.39. The summed E-state index contributed by atoms with van der Waals surface area (Å²) in [6.45, 7) is 0. The number of rotatable bonds is 4. The SMILES string of the molecule is C#CCC(CC#N)N(C)c1ccccc1. The van der Waals surface area contributed by atoms with Crippen LogP contribution in [0, 0.1) is 23.7 Å². The van der Waals surface area contributed by atoms with Gasteiger partial charge in [0, 0.05) is 19.2 Å². The van der Waals surface area contributed by atoms with Crippen LogP contribution in [-0.2, 0) is 0 Å². The fourth-order valence-corrected chi connectivity index (χ4v) is 1.46. The molecule has 76 valence electrons. The van der Waals surface area contributed by atoms with Crippen molar-refractivity contribution >= 4 is 5.69 Å². The smallest absolute Gasteiger partial charge is 0.0643 e. The van der Waals surface area contributed by atoms with Crippen LogP contribution in [0.25, 0.3) is 0 Å². The van der Waals surface area contributed by atoms with Gasteiger partial charge in [0.1, 0.15) is 0 Å². The number of nitrogens with zero attached hydrogens (tertiary/aromatic N) is 2. The van der Waals surface area contributed by atoms with Gasteiger partial charge in [-0.3, -0.25) is 0 Å². The summed E-state index contributed by atoms with van der Waals surface area (Å²) < 4.78 is 0. The third kappa shape index (κ3) is 3.04. The van der Waals surface area contributed by atoms with Crippen LogP contribution in [0.2, 0.25) is 0 Å². The molecule has 0 aliphatic rings. The highest BCUT2D eigenvalue weighted by Gasteiger charge is 2.13. The fraction of sp³-hybridized carbons (Fsp3) is 0.308. The van der Waals surface area contributed by atoms with E-state index in [0.717, 1.165) is 5.69 Å². The quantitative estimate of drug-likeness (QED) is 0.695. The van der Waals surface area contributed by atoms with Crippen molar-refractivity contribution in [2.45, 2.75) is 18.9 Å². The minimum atomic E-state index is 0.0994. The Morgan fingerprint density at radius 1 is 1.33 bits per heavy atom. The van der Waals surface area contributed by atoms with E-state index in [9.17, 15) is 0 Å². The zero-order chi connectivity index (χ0) is 11.1. The molecule has 0 bridgehead atoms. The monoisotopic (exact) mass is 198 g/mol. The molecule has 15 heavy (non-hydrogen) atoms. The molecule has 2 nitrogen and oxygen atoms in total. The number of hydrogen-bond donors (Lipinski definition) is 0. The van der Waals surface area contributed by atoms with Crippen LogP contribution < -0.4 is 4.90 Å². The highest BCUT2D eigenvalue weighted by molar-refractivity contribution is 5.46. The van der Waals surface area contributed by atoms with E-state index < -0.39 is 0 Å². The minimum Gasteiger partial charge on any atom is -0.370 e. The number of anilines is 1. The van der Waals surface area contributed by atoms with Crippen molar-refractivity contribution < 1.29 is 0 Å². The van der Waals surface area contributed by atoms with E-state index in [1.54, 1.807) is 0 Å². The van der Waals surface area contributed by atoms with E-state index in [-0.39, 0.29) is 6.04 Å². The maximum Gasteiger partial charge on any atom is 0.0643 e. The number of nitriles is 1. The molecule has 0 amide bonds. The molecule has 1 unspecified atom stereocenters. The van der Waals surface area contributed by atoms with Gasteiger partial charge in [-0.25, -0.2) is 0 Å². The lowest BCUT2D eigenvalue weighted by Crippen LogP contribution is -2.30. The van der Waals surface area contributed by atoms with Crippen LogP contribution in [-0.4, -0.2) is 13.1 Å². The van der Waals surface area contributed by atoms with Crippen LogP contribution in [0.5, 0.6) is 0 Å². The average Bonchev–Trinajstić information content (AvgIpc) is 2.29. The Morgan fingerprint density at radius 3 is 2.53 bits per heavy atom. The number of terminal acetylenes is 1. The lowest BCUT2D eigenvalue weighted by atomic mass is 10.1. The first-order valence-corrected chi connectivity index (χ1v) is 4.88. The molecule has 0 saturated heterocycles. The topological polar surface area (TPSA) is 27.0 Å². The molecule has 1 rings (SSSR count). The molecule has 0 radical (unpaired) electrons. The Bertz CT molecular complexity index is 354. The Hall–Kier alpha value is -1.93. The molecule has 1 aromatic carbocycles. The molecule has 2 heteroatoms. The summed E-state index contributed by atoms with van der Waals surface area (Å²) >= 11 is 0. The van der Waals surface area contributed by atoms with Gasteiger partial charge in [-0.1, -0.05) is 18.2 Å². The first-order valence-electron chi connectivity index (χ1n) is 4.88. The molecular formula is C13H14N2. The van der Waals surface area contributed by atoms with E-state index in [0.29, 0.717) is 12.8 Å². The van der Waals surface area contributed by atoms with Gasteiger partial charge < -0.3 is 4.90 Å². The summed E-state index contributed by atoms with van der Waals surface area (Å²) in [6, 6.07) is 12.2. The summed E-state index contributed by atoms with van der Waals surface area (Å²) in [5.41, 5.74) is 1.09. The molecule has 0 heterocycles. The molecule has 0 spiro atoms. The maximum absolute atomic E-state index is 8.71. The van der Waals surface area contributed by atoms with Crippen molar-refractivity contribution in [1.82, 2.24) is 0 Å². The second kappa shape index (κ2) is 5.73. The number of benzene rings is 1. The van der Waals surface area contributed by atoms with E-state index in [2.05, 4.69) is 16.9 Å². The lowest BCUT2D eigenvalue weighted by molar-refractivity contribution is 0.660. The maximum atomic E-state index is 8.71. The van der Waals surface area contributed by atoms with Crippen LogP contribution in [0.4, 0.5) is 5.69 Å². The van der Waals surface area contributed by atoms with Gasteiger partial charge in [0.2, 0.25) is 0 Å². The van der Waals surface area contributed by atoms with Crippen molar-refractivity contribution in [2.24, 2.45) is 0 Å². The highest BCUT2D eigenvalue weighted by Crippen LogP contribution is 2.17. The fourth-order valence-electron chi connectivity index (χ4n) is 1.46. The second-order valence-electron chi connectivity index (χ2n) is 3.37. The van der Waals surface area contributed by atoms with Gasteiger partial charge >= 0.3 is 0 Å². The molecule has 1 aromatic rings. The third-order valence-corrected chi connectivity index (χ3v) is 2.39. The predicted molar refractivity (Wildman–Crippen MR) is 62.3 cm³/mol. The first kappa shape index (κ1) is 11.1. The molecule has 0 aliphatic heterocycles. The van der Waals surface area contributed by atoms with Gasteiger partial charge in [-0.2, -0.15) is 5.26 Å². The normalized spacial score (nSPS) is 11.1. The van der Waals surface area contributed by atoms with Gasteiger partial charge in [-0.15, -0.1) is 12.3 Å². The zero-order valence-electron chi connectivity index (χ0n) is 8.85. The minimum absolute atomic E-state index is 0.0994. The zero-order valence-corrected chi connectivity index (χ0v) is 8.85. The van der Waals surface area contributed by atoms with Crippen LogP contribution in [0.3, 0.4) is 0 Å². The van der Waals surface area contributed by atoms with Crippen molar-refractivity contribution in [3.63, 3.8) is 0 Å². The second-order valence-corrected chi connectivity index (χ2v) is 3.37. The average molecular weight is 198 g/mol. The van der Waals surface area contributed by atoms with Gasteiger partial charge in [-0.05, 0) is 12.1 Å². The van der Waals surface area contributed by atoms with Gasteiger partial charge in [0.15, 0.2) is 0 Å². The largest absolute Gasteiger partial charge is 0.370 e. The van der Waals surface area contributed by atoms with Crippen molar-refractivity contribution in [3.8, 4) is 18.4 Å². The Balaban J connectivity index is 2.77.